The summed E-state index contributed by atoms with van der Waals surface area (Å²) in [4.78, 5) is 29.4. The summed E-state index contributed by atoms with van der Waals surface area (Å²) in [5.41, 5.74) is 0.492. The predicted octanol–water partition coefficient (Wildman–Crippen LogP) is 3.40. The number of piperidine rings is 1. The monoisotopic (exact) mass is 394 g/mol. The van der Waals surface area contributed by atoms with Crippen LogP contribution < -0.4 is 0 Å². The van der Waals surface area contributed by atoms with Crippen LogP contribution in [0.4, 0.5) is 0 Å². The Labute approximate surface area is 167 Å². The molecule has 0 N–H and O–H groups in total. The van der Waals surface area contributed by atoms with Crippen molar-refractivity contribution in [1.29, 1.82) is 0 Å². The van der Waals surface area contributed by atoms with Gasteiger partial charge in [-0.15, -0.1) is 0 Å². The molecule has 1 saturated heterocycles. The molecule has 1 aliphatic heterocycles. The maximum Gasteiger partial charge on any atom is 0.312 e. The topological polar surface area (TPSA) is 49.9 Å². The van der Waals surface area contributed by atoms with E-state index in [1.54, 1.807) is 0 Å². The maximum absolute atomic E-state index is 12.8. The summed E-state index contributed by atoms with van der Waals surface area (Å²) >= 11 is 5.98. The summed E-state index contributed by atoms with van der Waals surface area (Å²) in [6.45, 7) is 9.66. The SMILES string of the molecule is CCOC(=O)C1(Cc2ccc(Cl)cc2)CCN(C(=O)CN(CC)CC)CC1. The van der Waals surface area contributed by atoms with Crippen molar-refractivity contribution in [2.24, 2.45) is 5.41 Å². The largest absolute Gasteiger partial charge is 0.466 e. The summed E-state index contributed by atoms with van der Waals surface area (Å²) in [6, 6.07) is 7.61. The Morgan fingerprint density at radius 1 is 1.11 bits per heavy atom. The van der Waals surface area contributed by atoms with E-state index in [1.807, 2.05) is 36.1 Å². The minimum absolute atomic E-state index is 0.141. The highest BCUT2D eigenvalue weighted by Gasteiger charge is 2.43. The summed E-state index contributed by atoms with van der Waals surface area (Å²) in [6.07, 6.45) is 1.86. The van der Waals surface area contributed by atoms with Crippen molar-refractivity contribution in [1.82, 2.24) is 9.80 Å². The molecule has 0 saturated carbocycles. The first-order valence-electron chi connectivity index (χ1n) is 9.86. The molecule has 27 heavy (non-hydrogen) atoms. The Balaban J connectivity index is 2.08. The van der Waals surface area contributed by atoms with Gasteiger partial charge in [-0.2, -0.15) is 0 Å². The molecule has 0 aliphatic carbocycles. The molecular formula is C21H31ClN2O3. The Kier molecular flexibility index (Phi) is 8.11. The molecule has 0 unspecified atom stereocenters. The zero-order valence-corrected chi connectivity index (χ0v) is 17.4. The Morgan fingerprint density at radius 3 is 2.22 bits per heavy atom. The van der Waals surface area contributed by atoms with Gasteiger partial charge < -0.3 is 9.64 Å². The average Bonchev–Trinajstić information content (AvgIpc) is 2.68. The van der Waals surface area contributed by atoms with E-state index in [0.29, 0.717) is 50.5 Å². The first-order valence-corrected chi connectivity index (χ1v) is 10.2. The van der Waals surface area contributed by atoms with Gasteiger partial charge in [-0.05, 0) is 57.0 Å². The number of nitrogens with zero attached hydrogens (tertiary/aromatic N) is 2. The predicted molar refractivity (Wildman–Crippen MR) is 108 cm³/mol. The zero-order chi connectivity index (χ0) is 19.9. The Hall–Kier alpha value is -1.59. The lowest BCUT2D eigenvalue weighted by atomic mass is 9.73. The number of hydrogen-bond donors (Lipinski definition) is 0. The fourth-order valence-electron chi connectivity index (χ4n) is 3.65. The molecule has 1 aliphatic rings. The smallest absolute Gasteiger partial charge is 0.312 e. The van der Waals surface area contributed by atoms with Crippen molar-refractivity contribution >= 4 is 23.5 Å². The molecule has 0 bridgehead atoms. The molecule has 0 radical (unpaired) electrons. The molecule has 1 heterocycles. The fraction of sp³-hybridized carbons (Fsp3) is 0.619. The molecule has 1 amide bonds. The van der Waals surface area contributed by atoms with Crippen molar-refractivity contribution in [3.63, 3.8) is 0 Å². The number of benzene rings is 1. The standard InChI is InChI=1S/C21H31ClN2O3/c1-4-23(5-2)16-19(25)24-13-11-21(12-14-24,20(26)27-6-3)15-17-7-9-18(22)10-8-17/h7-10H,4-6,11-16H2,1-3H3. The highest BCUT2D eigenvalue weighted by Crippen LogP contribution is 2.37. The minimum Gasteiger partial charge on any atom is -0.466 e. The van der Waals surface area contributed by atoms with Gasteiger partial charge in [0.1, 0.15) is 0 Å². The highest BCUT2D eigenvalue weighted by molar-refractivity contribution is 6.30. The third-order valence-corrected chi connectivity index (χ3v) is 5.74. The van der Waals surface area contributed by atoms with Gasteiger partial charge in [0.05, 0.1) is 18.6 Å². The third-order valence-electron chi connectivity index (χ3n) is 5.49. The van der Waals surface area contributed by atoms with Crippen LogP contribution in [0.5, 0.6) is 0 Å². The van der Waals surface area contributed by atoms with Gasteiger partial charge in [-0.25, -0.2) is 0 Å². The fourth-order valence-corrected chi connectivity index (χ4v) is 3.78. The molecule has 2 rings (SSSR count). The van der Waals surface area contributed by atoms with Gasteiger partial charge in [0.25, 0.3) is 0 Å². The van der Waals surface area contributed by atoms with Crippen molar-refractivity contribution in [3.05, 3.63) is 34.9 Å². The van der Waals surface area contributed by atoms with Crippen LogP contribution >= 0.6 is 11.6 Å². The normalized spacial score (nSPS) is 16.4. The molecule has 1 fully saturated rings. The lowest BCUT2D eigenvalue weighted by Gasteiger charge is -2.40. The van der Waals surface area contributed by atoms with Crippen molar-refractivity contribution in [3.8, 4) is 0 Å². The maximum atomic E-state index is 12.8. The zero-order valence-electron chi connectivity index (χ0n) is 16.7. The van der Waals surface area contributed by atoms with Crippen LogP contribution in [-0.2, 0) is 20.7 Å². The molecule has 1 aromatic carbocycles. The van der Waals surface area contributed by atoms with E-state index in [4.69, 9.17) is 16.3 Å². The summed E-state index contributed by atoms with van der Waals surface area (Å²) in [7, 11) is 0. The van der Waals surface area contributed by atoms with E-state index in [2.05, 4.69) is 18.7 Å². The van der Waals surface area contributed by atoms with Crippen LogP contribution in [0.1, 0.15) is 39.2 Å². The average molecular weight is 395 g/mol. The lowest BCUT2D eigenvalue weighted by molar-refractivity contribution is -0.160. The number of halogens is 1. The number of likely N-dealkylation sites (N-methyl/N-ethyl adjacent to an activating group) is 1. The minimum atomic E-state index is -0.574. The summed E-state index contributed by atoms with van der Waals surface area (Å²) in [5, 5.41) is 0.681. The van der Waals surface area contributed by atoms with E-state index >= 15 is 0 Å². The van der Waals surface area contributed by atoms with Crippen molar-refractivity contribution in [2.45, 2.75) is 40.0 Å². The molecule has 6 heteroatoms. The van der Waals surface area contributed by atoms with Gasteiger partial charge in [0.15, 0.2) is 0 Å². The number of rotatable bonds is 8. The third kappa shape index (κ3) is 5.69. The first kappa shape index (κ1) is 21.7. The quantitative estimate of drug-likeness (QED) is 0.634. The number of hydrogen-bond acceptors (Lipinski definition) is 4. The van der Waals surface area contributed by atoms with Gasteiger partial charge in [-0.3, -0.25) is 14.5 Å². The van der Waals surface area contributed by atoms with Crippen LogP contribution in [0.25, 0.3) is 0 Å². The number of carbonyl (C=O) groups excluding carboxylic acids is 2. The van der Waals surface area contributed by atoms with Crippen molar-refractivity contribution in [2.75, 3.05) is 39.3 Å². The second kappa shape index (κ2) is 10.1. The van der Waals surface area contributed by atoms with Gasteiger partial charge >= 0.3 is 5.97 Å². The van der Waals surface area contributed by atoms with E-state index in [9.17, 15) is 9.59 Å². The number of likely N-dealkylation sites (tertiary alicyclic amines) is 1. The van der Waals surface area contributed by atoms with Crippen LogP contribution in [-0.4, -0.2) is 61.0 Å². The molecule has 0 aromatic heterocycles. The summed E-state index contributed by atoms with van der Waals surface area (Å²) < 4.78 is 5.40. The number of amides is 1. The first-order chi connectivity index (χ1) is 12.9. The highest BCUT2D eigenvalue weighted by atomic mass is 35.5. The lowest BCUT2D eigenvalue weighted by Crippen LogP contribution is -2.50. The van der Waals surface area contributed by atoms with Gasteiger partial charge in [0, 0.05) is 18.1 Å². The second-order valence-corrected chi connectivity index (χ2v) is 7.58. The molecule has 150 valence electrons. The Morgan fingerprint density at radius 2 is 1.70 bits per heavy atom. The molecule has 0 spiro atoms. The molecule has 0 atom stereocenters. The van der Waals surface area contributed by atoms with Crippen LogP contribution in [0.15, 0.2) is 24.3 Å². The van der Waals surface area contributed by atoms with E-state index in [-0.39, 0.29) is 11.9 Å². The Bertz CT molecular complexity index is 621. The number of ether oxygens (including phenoxy) is 1. The molecule has 1 aromatic rings. The van der Waals surface area contributed by atoms with Crippen LogP contribution in [0.2, 0.25) is 5.02 Å². The molecular weight excluding hydrogens is 364 g/mol. The van der Waals surface area contributed by atoms with Gasteiger partial charge in [0.2, 0.25) is 5.91 Å². The van der Waals surface area contributed by atoms with E-state index < -0.39 is 5.41 Å². The molecule has 5 nitrogen and oxygen atoms in total. The summed E-state index contributed by atoms with van der Waals surface area (Å²) in [5.74, 6) is -0.0153. The van der Waals surface area contributed by atoms with E-state index in [1.165, 1.54) is 0 Å². The van der Waals surface area contributed by atoms with Gasteiger partial charge in [-0.1, -0.05) is 37.6 Å². The van der Waals surface area contributed by atoms with Crippen LogP contribution in [0, 0.1) is 5.41 Å². The van der Waals surface area contributed by atoms with E-state index in [0.717, 1.165) is 18.7 Å². The van der Waals surface area contributed by atoms with Crippen molar-refractivity contribution < 1.29 is 14.3 Å². The second-order valence-electron chi connectivity index (χ2n) is 7.15. The van der Waals surface area contributed by atoms with Crippen LogP contribution in [0.3, 0.4) is 0 Å². The number of esters is 1. The number of carbonyl (C=O) groups is 2.